The Morgan fingerprint density at radius 3 is 3.11 bits per heavy atom. The van der Waals surface area contributed by atoms with Crippen LogP contribution in [0.2, 0.25) is 0 Å². The van der Waals surface area contributed by atoms with Gasteiger partial charge >= 0.3 is 0 Å². The fourth-order valence-electron chi connectivity index (χ4n) is 2.19. The number of hydrogen-bond acceptors (Lipinski definition) is 7. The van der Waals surface area contributed by atoms with Gasteiger partial charge in [0.25, 0.3) is 5.56 Å². The van der Waals surface area contributed by atoms with Crippen molar-refractivity contribution in [2.24, 2.45) is 0 Å². The van der Waals surface area contributed by atoms with Crippen LogP contribution in [0.3, 0.4) is 0 Å². The van der Waals surface area contributed by atoms with E-state index in [1.165, 1.54) is 10.9 Å². The number of anilines is 1. The smallest absolute Gasteiger partial charge is 0.263 e. The first-order valence-electron chi connectivity index (χ1n) is 5.77. The van der Waals surface area contributed by atoms with E-state index in [-0.39, 0.29) is 30.2 Å². The standard InChI is InChI=1S/C10H13N5O4/c11-10-13-8-4(9(18)14-10)2-12-15(8)7-1-5(17)6(3-16)19-7/h2,5-7,16-17H,1,3H2,(H3,11,13,14,18)/t5-,6+,7+/m0/s1. The fraction of sp³-hybridized carbons (Fsp3) is 0.500. The molecule has 1 aliphatic rings. The number of nitrogens with two attached hydrogens (primary N) is 1. The lowest BCUT2D eigenvalue weighted by molar-refractivity contribution is -0.0470. The average Bonchev–Trinajstić information content (AvgIpc) is 2.92. The Morgan fingerprint density at radius 1 is 1.63 bits per heavy atom. The third-order valence-corrected chi connectivity index (χ3v) is 3.14. The van der Waals surface area contributed by atoms with Crippen LogP contribution in [-0.4, -0.2) is 48.8 Å². The largest absolute Gasteiger partial charge is 0.394 e. The molecule has 3 atom stereocenters. The number of aliphatic hydroxyl groups excluding tert-OH is 2. The van der Waals surface area contributed by atoms with Crippen molar-refractivity contribution in [2.75, 3.05) is 12.3 Å². The Labute approximate surface area is 106 Å². The number of hydrogen-bond donors (Lipinski definition) is 4. The molecule has 19 heavy (non-hydrogen) atoms. The molecule has 0 saturated carbocycles. The summed E-state index contributed by atoms with van der Waals surface area (Å²) >= 11 is 0. The van der Waals surface area contributed by atoms with Crippen LogP contribution in [0.5, 0.6) is 0 Å². The van der Waals surface area contributed by atoms with E-state index in [0.717, 1.165) is 0 Å². The summed E-state index contributed by atoms with van der Waals surface area (Å²) in [6.07, 6.45) is -0.408. The van der Waals surface area contributed by atoms with Gasteiger partial charge in [0.15, 0.2) is 11.9 Å². The van der Waals surface area contributed by atoms with E-state index in [4.69, 9.17) is 15.6 Å². The van der Waals surface area contributed by atoms with Crippen molar-refractivity contribution in [3.05, 3.63) is 16.6 Å². The number of nitrogens with zero attached hydrogens (tertiary/aromatic N) is 3. The average molecular weight is 267 g/mol. The molecule has 5 N–H and O–H groups in total. The molecule has 102 valence electrons. The van der Waals surface area contributed by atoms with E-state index in [1.807, 2.05) is 0 Å². The van der Waals surface area contributed by atoms with Crippen molar-refractivity contribution in [2.45, 2.75) is 24.9 Å². The molecule has 0 aromatic carbocycles. The van der Waals surface area contributed by atoms with Crippen molar-refractivity contribution >= 4 is 17.0 Å². The van der Waals surface area contributed by atoms with Gasteiger partial charge in [-0.3, -0.25) is 9.78 Å². The molecule has 1 aliphatic heterocycles. The zero-order chi connectivity index (χ0) is 13.6. The summed E-state index contributed by atoms with van der Waals surface area (Å²) in [5.74, 6) is -0.0171. The SMILES string of the molecule is Nc1nc2c(cnn2[C@H]2C[C@H](O)[C@@H](CO)O2)c(=O)[nH]1. The number of aromatic nitrogens is 4. The summed E-state index contributed by atoms with van der Waals surface area (Å²) in [6, 6.07) is 0. The number of ether oxygens (including phenoxy) is 1. The lowest BCUT2D eigenvalue weighted by atomic mass is 10.2. The maximum atomic E-state index is 11.7. The highest BCUT2D eigenvalue weighted by Crippen LogP contribution is 2.29. The van der Waals surface area contributed by atoms with Crippen molar-refractivity contribution in [3.8, 4) is 0 Å². The Balaban J connectivity index is 2.05. The first kappa shape index (κ1) is 12.1. The molecule has 1 fully saturated rings. The lowest BCUT2D eigenvalue weighted by Gasteiger charge is -2.12. The summed E-state index contributed by atoms with van der Waals surface area (Å²) in [6.45, 7) is -0.285. The minimum Gasteiger partial charge on any atom is -0.394 e. The van der Waals surface area contributed by atoms with Crippen LogP contribution in [-0.2, 0) is 4.74 Å². The quantitative estimate of drug-likeness (QED) is 0.510. The van der Waals surface area contributed by atoms with Crippen LogP contribution >= 0.6 is 0 Å². The summed E-state index contributed by atoms with van der Waals surface area (Å²) in [5.41, 5.74) is 5.40. The fourth-order valence-corrected chi connectivity index (χ4v) is 2.19. The van der Waals surface area contributed by atoms with Crippen molar-refractivity contribution in [3.63, 3.8) is 0 Å². The molecule has 0 radical (unpaired) electrons. The van der Waals surface area contributed by atoms with Gasteiger partial charge in [-0.05, 0) is 0 Å². The van der Waals surface area contributed by atoms with Crippen LogP contribution in [0.15, 0.2) is 11.0 Å². The number of nitrogen functional groups attached to an aromatic ring is 1. The Bertz CT molecular complexity index is 665. The van der Waals surface area contributed by atoms with Crippen LogP contribution in [0.1, 0.15) is 12.6 Å². The van der Waals surface area contributed by atoms with Crippen LogP contribution < -0.4 is 11.3 Å². The molecule has 0 aliphatic carbocycles. The first-order chi connectivity index (χ1) is 9.10. The van der Waals surface area contributed by atoms with Gasteiger partial charge in [-0.15, -0.1) is 0 Å². The van der Waals surface area contributed by atoms with Crippen LogP contribution in [0.25, 0.3) is 11.0 Å². The Hall–Kier alpha value is -1.97. The molecule has 9 heteroatoms. The second-order valence-electron chi connectivity index (χ2n) is 4.39. The summed E-state index contributed by atoms with van der Waals surface area (Å²) < 4.78 is 6.85. The van der Waals surface area contributed by atoms with E-state index >= 15 is 0 Å². The highest BCUT2D eigenvalue weighted by molar-refractivity contribution is 5.74. The van der Waals surface area contributed by atoms with Gasteiger partial charge in [0.1, 0.15) is 11.5 Å². The molecule has 9 nitrogen and oxygen atoms in total. The normalized spacial score (nSPS) is 27.2. The Kier molecular flexibility index (Phi) is 2.73. The molecule has 3 heterocycles. The van der Waals surface area contributed by atoms with Gasteiger partial charge in [0.2, 0.25) is 5.95 Å². The number of aromatic amines is 1. The van der Waals surface area contributed by atoms with Gasteiger partial charge in [0.05, 0.1) is 18.9 Å². The monoisotopic (exact) mass is 267 g/mol. The minimum atomic E-state index is -0.784. The predicted octanol–water partition coefficient (Wildman–Crippen LogP) is -1.66. The number of fused-ring (bicyclic) bond motifs is 1. The van der Waals surface area contributed by atoms with Crippen LogP contribution in [0.4, 0.5) is 5.95 Å². The maximum Gasteiger partial charge on any atom is 0.263 e. The van der Waals surface area contributed by atoms with Gasteiger partial charge in [-0.1, -0.05) is 0 Å². The first-order valence-corrected chi connectivity index (χ1v) is 5.77. The highest BCUT2D eigenvalue weighted by Gasteiger charge is 2.35. The van der Waals surface area contributed by atoms with Gasteiger partial charge in [-0.25, -0.2) is 4.68 Å². The molecule has 3 rings (SSSR count). The van der Waals surface area contributed by atoms with E-state index in [1.54, 1.807) is 0 Å². The third-order valence-electron chi connectivity index (χ3n) is 3.14. The molecule has 0 bridgehead atoms. The second kappa shape index (κ2) is 4.30. The molecule has 0 amide bonds. The van der Waals surface area contributed by atoms with Crippen molar-refractivity contribution in [1.82, 2.24) is 19.7 Å². The topological polar surface area (TPSA) is 139 Å². The predicted molar refractivity (Wildman–Crippen MR) is 64.2 cm³/mol. The van der Waals surface area contributed by atoms with Gasteiger partial charge in [-0.2, -0.15) is 10.1 Å². The Morgan fingerprint density at radius 2 is 2.42 bits per heavy atom. The third kappa shape index (κ3) is 1.87. The zero-order valence-electron chi connectivity index (χ0n) is 9.85. The molecule has 0 spiro atoms. The van der Waals surface area contributed by atoms with E-state index < -0.39 is 18.4 Å². The van der Waals surface area contributed by atoms with E-state index in [0.29, 0.717) is 5.39 Å². The lowest BCUT2D eigenvalue weighted by Crippen LogP contribution is -2.24. The molecular weight excluding hydrogens is 254 g/mol. The highest BCUT2D eigenvalue weighted by atomic mass is 16.5. The van der Waals surface area contributed by atoms with Gasteiger partial charge < -0.3 is 20.7 Å². The van der Waals surface area contributed by atoms with E-state index in [9.17, 15) is 9.90 Å². The molecule has 2 aromatic heterocycles. The molecular formula is C10H13N5O4. The second-order valence-corrected chi connectivity index (χ2v) is 4.39. The van der Waals surface area contributed by atoms with Crippen molar-refractivity contribution < 1.29 is 14.9 Å². The summed E-state index contributed by atoms with van der Waals surface area (Å²) in [4.78, 5) is 18.0. The minimum absolute atomic E-state index is 0.0171. The van der Waals surface area contributed by atoms with Gasteiger partial charge in [0, 0.05) is 6.42 Å². The maximum absolute atomic E-state index is 11.7. The van der Waals surface area contributed by atoms with Crippen LogP contribution in [0, 0.1) is 0 Å². The number of rotatable bonds is 2. The molecule has 1 saturated heterocycles. The molecule has 2 aromatic rings. The molecule has 0 unspecified atom stereocenters. The zero-order valence-corrected chi connectivity index (χ0v) is 9.85. The number of nitrogens with one attached hydrogen (secondary N) is 1. The van der Waals surface area contributed by atoms with Crippen molar-refractivity contribution in [1.29, 1.82) is 0 Å². The van der Waals surface area contributed by atoms with E-state index in [2.05, 4.69) is 15.1 Å². The summed E-state index contributed by atoms with van der Waals surface area (Å²) in [5, 5.41) is 23.1. The number of aliphatic hydroxyl groups is 2. The number of H-pyrrole nitrogens is 1. The summed E-state index contributed by atoms with van der Waals surface area (Å²) in [7, 11) is 0.